The standard InChI is InChI=1S/C16H16N2O5/c1-21-13-8-11(7-10-5-4-6-17-15(10)13)18-12(16(20)23-3)9-14(19)22-2/h4-9,18H,1-3H3/b12-9-. The zero-order chi connectivity index (χ0) is 16.8. The highest BCUT2D eigenvalue weighted by Gasteiger charge is 2.14. The summed E-state index contributed by atoms with van der Waals surface area (Å²) in [4.78, 5) is 27.4. The number of esters is 2. The van der Waals surface area contributed by atoms with Gasteiger partial charge in [-0.2, -0.15) is 0 Å². The Kier molecular flexibility index (Phi) is 5.14. The van der Waals surface area contributed by atoms with Crippen molar-refractivity contribution in [3.63, 3.8) is 0 Å². The fourth-order valence-electron chi connectivity index (χ4n) is 1.97. The molecule has 0 saturated heterocycles. The maximum absolute atomic E-state index is 11.8. The molecule has 7 heteroatoms. The van der Waals surface area contributed by atoms with Crippen LogP contribution in [0.4, 0.5) is 5.69 Å². The average Bonchev–Trinajstić information content (AvgIpc) is 2.59. The van der Waals surface area contributed by atoms with E-state index in [-0.39, 0.29) is 5.70 Å². The van der Waals surface area contributed by atoms with E-state index in [0.29, 0.717) is 17.0 Å². The number of rotatable bonds is 5. The molecule has 2 aromatic rings. The van der Waals surface area contributed by atoms with Crippen LogP contribution in [-0.4, -0.2) is 38.3 Å². The number of anilines is 1. The Morgan fingerprint density at radius 1 is 1.17 bits per heavy atom. The molecule has 0 aliphatic carbocycles. The van der Waals surface area contributed by atoms with Gasteiger partial charge in [-0.05, 0) is 12.1 Å². The van der Waals surface area contributed by atoms with E-state index >= 15 is 0 Å². The Morgan fingerprint density at radius 3 is 2.61 bits per heavy atom. The van der Waals surface area contributed by atoms with Gasteiger partial charge in [0.25, 0.3) is 0 Å². The first kappa shape index (κ1) is 16.3. The molecular weight excluding hydrogens is 300 g/mol. The molecule has 0 spiro atoms. The number of ether oxygens (including phenoxy) is 3. The number of benzene rings is 1. The first-order valence-electron chi connectivity index (χ1n) is 6.66. The van der Waals surface area contributed by atoms with Crippen LogP contribution < -0.4 is 10.1 Å². The summed E-state index contributed by atoms with van der Waals surface area (Å²) >= 11 is 0. The van der Waals surface area contributed by atoms with Crippen molar-refractivity contribution in [1.82, 2.24) is 4.98 Å². The highest BCUT2D eigenvalue weighted by molar-refractivity contribution is 5.99. The summed E-state index contributed by atoms with van der Waals surface area (Å²) in [5.74, 6) is -0.833. The molecule has 1 aromatic heterocycles. The van der Waals surface area contributed by atoms with Gasteiger partial charge in [0.05, 0.1) is 27.4 Å². The number of pyridine rings is 1. The van der Waals surface area contributed by atoms with E-state index in [4.69, 9.17) is 4.74 Å². The quantitative estimate of drug-likeness (QED) is 0.665. The van der Waals surface area contributed by atoms with Gasteiger partial charge in [0.2, 0.25) is 0 Å². The molecular formula is C16H16N2O5. The number of aromatic nitrogens is 1. The molecule has 1 heterocycles. The fourth-order valence-corrected chi connectivity index (χ4v) is 1.97. The molecule has 0 aliphatic rings. The lowest BCUT2D eigenvalue weighted by molar-refractivity contribution is -0.138. The summed E-state index contributed by atoms with van der Waals surface area (Å²) < 4.78 is 14.5. The van der Waals surface area contributed by atoms with Gasteiger partial charge < -0.3 is 19.5 Å². The van der Waals surface area contributed by atoms with Crippen molar-refractivity contribution in [2.24, 2.45) is 0 Å². The van der Waals surface area contributed by atoms with Crippen molar-refractivity contribution in [3.05, 3.63) is 42.2 Å². The average molecular weight is 316 g/mol. The van der Waals surface area contributed by atoms with Crippen LogP contribution in [0, 0.1) is 0 Å². The number of carbonyl (C=O) groups excluding carboxylic acids is 2. The molecule has 1 N–H and O–H groups in total. The summed E-state index contributed by atoms with van der Waals surface area (Å²) in [5.41, 5.74) is 1.18. The van der Waals surface area contributed by atoms with E-state index < -0.39 is 11.9 Å². The van der Waals surface area contributed by atoms with Crippen molar-refractivity contribution in [2.75, 3.05) is 26.6 Å². The van der Waals surface area contributed by atoms with Gasteiger partial charge in [-0.25, -0.2) is 9.59 Å². The van der Waals surface area contributed by atoms with Gasteiger partial charge in [-0.3, -0.25) is 4.98 Å². The second-order valence-electron chi connectivity index (χ2n) is 4.45. The Balaban J connectivity index is 2.44. The van der Waals surface area contributed by atoms with Gasteiger partial charge in [-0.1, -0.05) is 6.07 Å². The van der Waals surface area contributed by atoms with Gasteiger partial charge in [0.15, 0.2) is 0 Å². The Labute approximate surface area is 132 Å². The third-order valence-corrected chi connectivity index (χ3v) is 3.04. The van der Waals surface area contributed by atoms with Gasteiger partial charge >= 0.3 is 11.9 Å². The normalized spacial score (nSPS) is 11.0. The number of hydrogen-bond acceptors (Lipinski definition) is 7. The molecule has 0 amide bonds. The molecule has 0 atom stereocenters. The predicted octanol–water partition coefficient (Wildman–Crippen LogP) is 1.89. The summed E-state index contributed by atoms with van der Waals surface area (Å²) in [6.07, 6.45) is 2.68. The Hall–Kier alpha value is -3.09. The zero-order valence-corrected chi connectivity index (χ0v) is 13.0. The smallest absolute Gasteiger partial charge is 0.354 e. The van der Waals surface area contributed by atoms with Crippen LogP contribution in [-0.2, 0) is 19.1 Å². The minimum atomic E-state index is -0.694. The second kappa shape index (κ2) is 7.26. The van der Waals surface area contributed by atoms with E-state index in [1.54, 1.807) is 24.4 Å². The van der Waals surface area contributed by atoms with Gasteiger partial charge in [0.1, 0.15) is 17.0 Å². The van der Waals surface area contributed by atoms with E-state index in [2.05, 4.69) is 19.8 Å². The third kappa shape index (κ3) is 3.76. The number of hydrogen-bond donors (Lipinski definition) is 1. The topological polar surface area (TPSA) is 86.8 Å². The minimum Gasteiger partial charge on any atom is -0.494 e. The van der Waals surface area contributed by atoms with Crippen LogP contribution in [0.25, 0.3) is 10.9 Å². The monoisotopic (exact) mass is 316 g/mol. The highest BCUT2D eigenvalue weighted by atomic mass is 16.5. The molecule has 0 fully saturated rings. The molecule has 120 valence electrons. The molecule has 0 radical (unpaired) electrons. The SMILES string of the molecule is COC(=O)/C=C(\Nc1cc(OC)c2ncccc2c1)C(=O)OC. The van der Waals surface area contributed by atoms with Crippen LogP contribution >= 0.6 is 0 Å². The van der Waals surface area contributed by atoms with Crippen molar-refractivity contribution >= 4 is 28.5 Å². The molecule has 0 saturated carbocycles. The lowest BCUT2D eigenvalue weighted by Crippen LogP contribution is -2.15. The van der Waals surface area contributed by atoms with E-state index in [1.807, 2.05) is 6.07 Å². The van der Waals surface area contributed by atoms with Crippen LogP contribution in [0.1, 0.15) is 0 Å². The summed E-state index contributed by atoms with van der Waals surface area (Å²) in [7, 11) is 3.97. The van der Waals surface area contributed by atoms with Crippen molar-refractivity contribution < 1.29 is 23.8 Å². The van der Waals surface area contributed by atoms with E-state index in [1.165, 1.54) is 21.3 Å². The first-order valence-corrected chi connectivity index (χ1v) is 6.66. The van der Waals surface area contributed by atoms with E-state index in [0.717, 1.165) is 11.5 Å². The molecule has 2 rings (SSSR count). The van der Waals surface area contributed by atoms with Crippen molar-refractivity contribution in [3.8, 4) is 5.75 Å². The van der Waals surface area contributed by atoms with Crippen LogP contribution in [0.5, 0.6) is 5.75 Å². The number of fused-ring (bicyclic) bond motifs is 1. The number of nitrogens with one attached hydrogen (secondary N) is 1. The largest absolute Gasteiger partial charge is 0.494 e. The molecule has 0 unspecified atom stereocenters. The van der Waals surface area contributed by atoms with Crippen molar-refractivity contribution in [2.45, 2.75) is 0 Å². The number of carbonyl (C=O) groups is 2. The fraction of sp³-hybridized carbons (Fsp3) is 0.188. The second-order valence-corrected chi connectivity index (χ2v) is 4.45. The summed E-state index contributed by atoms with van der Waals surface area (Å²) in [6.45, 7) is 0. The zero-order valence-electron chi connectivity index (χ0n) is 13.0. The minimum absolute atomic E-state index is 0.0513. The first-order chi connectivity index (χ1) is 11.1. The predicted molar refractivity (Wildman–Crippen MR) is 84.0 cm³/mol. The molecule has 7 nitrogen and oxygen atoms in total. The van der Waals surface area contributed by atoms with Crippen molar-refractivity contribution in [1.29, 1.82) is 0 Å². The lowest BCUT2D eigenvalue weighted by Gasteiger charge is -2.12. The highest BCUT2D eigenvalue weighted by Crippen LogP contribution is 2.28. The molecule has 0 bridgehead atoms. The maximum atomic E-state index is 11.8. The van der Waals surface area contributed by atoms with E-state index in [9.17, 15) is 9.59 Å². The van der Waals surface area contributed by atoms with Crippen LogP contribution in [0.3, 0.4) is 0 Å². The molecule has 0 aliphatic heterocycles. The summed E-state index contributed by atoms with van der Waals surface area (Å²) in [6, 6.07) is 7.09. The van der Waals surface area contributed by atoms with Crippen LogP contribution in [0.15, 0.2) is 42.2 Å². The number of nitrogens with zero attached hydrogens (tertiary/aromatic N) is 1. The molecule has 23 heavy (non-hydrogen) atoms. The lowest BCUT2D eigenvalue weighted by atomic mass is 10.1. The Morgan fingerprint density at radius 2 is 1.96 bits per heavy atom. The van der Waals surface area contributed by atoms with Gasteiger partial charge in [-0.15, -0.1) is 0 Å². The van der Waals surface area contributed by atoms with Gasteiger partial charge in [0, 0.05) is 23.3 Å². The van der Waals surface area contributed by atoms with Crippen LogP contribution in [0.2, 0.25) is 0 Å². The summed E-state index contributed by atoms with van der Waals surface area (Å²) in [5, 5.41) is 3.66. The number of methoxy groups -OCH3 is 3. The molecule has 1 aromatic carbocycles. The maximum Gasteiger partial charge on any atom is 0.354 e. The third-order valence-electron chi connectivity index (χ3n) is 3.04. The Bertz CT molecular complexity index is 770.